The lowest BCUT2D eigenvalue weighted by molar-refractivity contribution is -0.385. The number of nitrogens with zero attached hydrogens (tertiary/aromatic N) is 1. The third-order valence-corrected chi connectivity index (χ3v) is 3.59. The van der Waals surface area contributed by atoms with Gasteiger partial charge in [-0.3, -0.25) is 14.9 Å². The van der Waals surface area contributed by atoms with E-state index >= 15 is 0 Å². The number of hydrogen-bond donors (Lipinski definition) is 0. The SMILES string of the molecule is CC1CCC(Oc2ccc([N+](=O)[O-])c(C=O)c2)CC1. The molecule has 0 spiro atoms. The second-order valence-corrected chi connectivity index (χ2v) is 5.10. The molecule has 1 aromatic rings. The van der Waals surface area contributed by atoms with Crippen molar-refractivity contribution in [2.45, 2.75) is 38.7 Å². The molecular weight excluding hydrogens is 246 g/mol. The Kier molecular flexibility index (Phi) is 4.14. The van der Waals surface area contributed by atoms with Gasteiger partial charge in [0.1, 0.15) is 5.75 Å². The number of benzene rings is 1. The fraction of sp³-hybridized carbons (Fsp3) is 0.500. The summed E-state index contributed by atoms with van der Waals surface area (Å²) in [4.78, 5) is 21.0. The standard InChI is InChI=1S/C14H17NO4/c1-10-2-4-12(5-3-10)19-13-6-7-14(15(17)18)11(8-13)9-16/h6-10,12H,2-5H2,1H3. The van der Waals surface area contributed by atoms with Gasteiger partial charge in [-0.15, -0.1) is 0 Å². The van der Waals surface area contributed by atoms with Gasteiger partial charge in [0.25, 0.3) is 5.69 Å². The van der Waals surface area contributed by atoms with Gasteiger partial charge in [-0.25, -0.2) is 0 Å². The minimum atomic E-state index is -0.560. The molecule has 0 radical (unpaired) electrons. The Morgan fingerprint density at radius 1 is 1.32 bits per heavy atom. The predicted molar refractivity (Wildman–Crippen MR) is 70.5 cm³/mol. The van der Waals surface area contributed by atoms with Crippen LogP contribution >= 0.6 is 0 Å². The third-order valence-electron chi connectivity index (χ3n) is 3.59. The number of ether oxygens (including phenoxy) is 1. The zero-order chi connectivity index (χ0) is 13.8. The molecule has 1 aliphatic carbocycles. The first-order valence-electron chi connectivity index (χ1n) is 6.50. The van der Waals surface area contributed by atoms with E-state index in [1.165, 1.54) is 12.1 Å². The molecule has 1 fully saturated rings. The van der Waals surface area contributed by atoms with Crippen LogP contribution in [0.5, 0.6) is 5.75 Å². The molecule has 5 heteroatoms. The smallest absolute Gasteiger partial charge is 0.280 e. The first-order valence-corrected chi connectivity index (χ1v) is 6.50. The van der Waals surface area contributed by atoms with Gasteiger partial charge in [-0.2, -0.15) is 0 Å². The lowest BCUT2D eigenvalue weighted by Gasteiger charge is -2.26. The number of carbonyl (C=O) groups excluding carboxylic acids is 1. The molecule has 0 amide bonds. The quantitative estimate of drug-likeness (QED) is 0.474. The van der Waals surface area contributed by atoms with Crippen molar-refractivity contribution in [3.05, 3.63) is 33.9 Å². The van der Waals surface area contributed by atoms with Crippen LogP contribution in [0.3, 0.4) is 0 Å². The van der Waals surface area contributed by atoms with Crippen LogP contribution in [0.2, 0.25) is 0 Å². The van der Waals surface area contributed by atoms with Gasteiger partial charge in [0.05, 0.1) is 16.6 Å². The zero-order valence-corrected chi connectivity index (χ0v) is 10.9. The van der Waals surface area contributed by atoms with E-state index in [1.807, 2.05) is 0 Å². The topological polar surface area (TPSA) is 69.4 Å². The fourth-order valence-electron chi connectivity index (χ4n) is 2.41. The van der Waals surface area contributed by atoms with Crippen LogP contribution in [0.1, 0.15) is 43.0 Å². The predicted octanol–water partition coefficient (Wildman–Crippen LogP) is 3.36. The van der Waals surface area contributed by atoms with Crippen LogP contribution < -0.4 is 4.74 Å². The monoisotopic (exact) mass is 263 g/mol. The summed E-state index contributed by atoms with van der Waals surface area (Å²) >= 11 is 0. The summed E-state index contributed by atoms with van der Waals surface area (Å²) in [7, 11) is 0. The maximum absolute atomic E-state index is 10.9. The summed E-state index contributed by atoms with van der Waals surface area (Å²) in [5.41, 5.74) is -0.119. The third kappa shape index (κ3) is 3.30. The van der Waals surface area contributed by atoms with Gasteiger partial charge in [0, 0.05) is 6.07 Å². The molecule has 0 saturated heterocycles. The lowest BCUT2D eigenvalue weighted by atomic mass is 9.89. The molecule has 2 rings (SSSR count). The first-order chi connectivity index (χ1) is 9.10. The number of carbonyl (C=O) groups is 1. The summed E-state index contributed by atoms with van der Waals surface area (Å²) in [6, 6.07) is 4.33. The molecule has 0 aromatic heterocycles. The zero-order valence-electron chi connectivity index (χ0n) is 10.9. The van der Waals surface area contributed by atoms with Crippen LogP contribution in [0.25, 0.3) is 0 Å². The van der Waals surface area contributed by atoms with Crippen molar-refractivity contribution in [2.24, 2.45) is 5.92 Å². The van der Waals surface area contributed by atoms with Crippen molar-refractivity contribution in [3.63, 3.8) is 0 Å². The van der Waals surface area contributed by atoms with E-state index in [0.29, 0.717) is 12.0 Å². The molecule has 102 valence electrons. The molecule has 0 N–H and O–H groups in total. The van der Waals surface area contributed by atoms with Gasteiger partial charge >= 0.3 is 0 Å². The number of nitro benzene ring substituents is 1. The highest BCUT2D eigenvalue weighted by Crippen LogP contribution is 2.29. The highest BCUT2D eigenvalue weighted by atomic mass is 16.6. The first kappa shape index (κ1) is 13.5. The average Bonchev–Trinajstić information content (AvgIpc) is 2.41. The molecule has 0 heterocycles. The van der Waals surface area contributed by atoms with Crippen molar-refractivity contribution in [2.75, 3.05) is 0 Å². The molecular formula is C14H17NO4. The van der Waals surface area contributed by atoms with Crippen LogP contribution in [-0.2, 0) is 0 Å². The lowest BCUT2D eigenvalue weighted by Crippen LogP contribution is -2.23. The fourth-order valence-corrected chi connectivity index (χ4v) is 2.41. The van der Waals surface area contributed by atoms with Crippen LogP contribution in [0.15, 0.2) is 18.2 Å². The van der Waals surface area contributed by atoms with E-state index in [9.17, 15) is 14.9 Å². The van der Waals surface area contributed by atoms with Crippen molar-refractivity contribution >= 4 is 12.0 Å². The second-order valence-electron chi connectivity index (χ2n) is 5.10. The number of aldehydes is 1. The Morgan fingerprint density at radius 2 is 2.00 bits per heavy atom. The van der Waals surface area contributed by atoms with Crippen molar-refractivity contribution in [1.29, 1.82) is 0 Å². The molecule has 0 bridgehead atoms. The Morgan fingerprint density at radius 3 is 2.58 bits per heavy atom. The Hall–Kier alpha value is -1.91. The van der Waals surface area contributed by atoms with Gasteiger partial charge in [0.15, 0.2) is 6.29 Å². The summed E-state index contributed by atoms with van der Waals surface area (Å²) < 4.78 is 5.80. The Bertz CT molecular complexity index is 478. The van der Waals surface area contributed by atoms with E-state index in [2.05, 4.69) is 6.92 Å². The van der Waals surface area contributed by atoms with Gasteiger partial charge in [-0.1, -0.05) is 6.92 Å². The van der Waals surface area contributed by atoms with Crippen molar-refractivity contribution < 1.29 is 14.5 Å². The van der Waals surface area contributed by atoms with E-state index in [1.54, 1.807) is 6.07 Å². The van der Waals surface area contributed by atoms with Gasteiger partial charge in [-0.05, 0) is 43.7 Å². The number of nitro groups is 1. The largest absolute Gasteiger partial charge is 0.490 e. The van der Waals surface area contributed by atoms with E-state index in [-0.39, 0.29) is 17.4 Å². The Balaban J connectivity index is 2.09. The van der Waals surface area contributed by atoms with E-state index in [0.717, 1.165) is 31.6 Å². The Labute approximate surface area is 111 Å². The summed E-state index contributed by atoms with van der Waals surface area (Å²) in [6.45, 7) is 2.23. The van der Waals surface area contributed by atoms with Crippen molar-refractivity contribution in [3.8, 4) is 5.75 Å². The van der Waals surface area contributed by atoms with Crippen LogP contribution in [-0.4, -0.2) is 17.3 Å². The molecule has 5 nitrogen and oxygen atoms in total. The minimum Gasteiger partial charge on any atom is -0.490 e. The molecule has 1 aromatic carbocycles. The average molecular weight is 263 g/mol. The molecule has 19 heavy (non-hydrogen) atoms. The van der Waals surface area contributed by atoms with Crippen molar-refractivity contribution in [1.82, 2.24) is 0 Å². The van der Waals surface area contributed by atoms with E-state index < -0.39 is 4.92 Å². The maximum Gasteiger partial charge on any atom is 0.280 e. The molecule has 0 aliphatic heterocycles. The molecule has 0 atom stereocenters. The summed E-state index contributed by atoms with van der Waals surface area (Å²) in [6.07, 6.45) is 4.91. The van der Waals surface area contributed by atoms with E-state index in [4.69, 9.17) is 4.74 Å². The normalized spacial score (nSPS) is 22.8. The molecule has 1 saturated carbocycles. The van der Waals surface area contributed by atoms with Gasteiger partial charge < -0.3 is 4.74 Å². The molecule has 1 aliphatic rings. The van der Waals surface area contributed by atoms with Gasteiger partial charge in [0.2, 0.25) is 0 Å². The molecule has 0 unspecified atom stereocenters. The highest BCUT2D eigenvalue weighted by Gasteiger charge is 2.20. The maximum atomic E-state index is 10.9. The minimum absolute atomic E-state index is 0.0617. The summed E-state index contributed by atoms with van der Waals surface area (Å²) in [5.74, 6) is 1.27. The highest BCUT2D eigenvalue weighted by molar-refractivity contribution is 5.82. The van der Waals surface area contributed by atoms with Crippen LogP contribution in [0.4, 0.5) is 5.69 Å². The van der Waals surface area contributed by atoms with Crippen LogP contribution in [0, 0.1) is 16.0 Å². The number of hydrogen-bond acceptors (Lipinski definition) is 4. The number of rotatable bonds is 4. The second kappa shape index (κ2) is 5.82. The summed E-state index contributed by atoms with van der Waals surface area (Å²) in [5, 5.41) is 10.7.